The minimum atomic E-state index is -0.137. The molecule has 2 rings (SSSR count). The number of hydrogen-bond acceptors (Lipinski definition) is 3. The molecule has 0 bridgehead atoms. The molecule has 0 aliphatic rings. The molecule has 0 radical (unpaired) electrons. The lowest BCUT2D eigenvalue weighted by atomic mass is 10.2. The van der Waals surface area contributed by atoms with Crippen LogP contribution < -0.4 is 16.2 Å². The Labute approximate surface area is 106 Å². The zero-order valence-corrected chi connectivity index (χ0v) is 9.91. The number of benzene rings is 2. The lowest BCUT2D eigenvalue weighted by Crippen LogP contribution is -2.42. The van der Waals surface area contributed by atoms with Gasteiger partial charge in [0.2, 0.25) is 0 Å². The van der Waals surface area contributed by atoms with Crippen molar-refractivity contribution in [3.05, 3.63) is 66.2 Å². The van der Waals surface area contributed by atoms with Crippen LogP contribution in [0.15, 0.2) is 60.7 Å². The summed E-state index contributed by atoms with van der Waals surface area (Å²) in [6.07, 6.45) is 0. The second-order valence-corrected chi connectivity index (χ2v) is 3.84. The third-order valence-electron chi connectivity index (χ3n) is 2.53. The van der Waals surface area contributed by atoms with Crippen LogP contribution in [0.25, 0.3) is 0 Å². The van der Waals surface area contributed by atoms with E-state index in [2.05, 4.69) is 5.32 Å². The Bertz CT molecular complexity index is 499. The molecule has 0 saturated heterocycles. The molecule has 0 spiro atoms. The van der Waals surface area contributed by atoms with Crippen molar-refractivity contribution in [3.63, 3.8) is 0 Å². The van der Waals surface area contributed by atoms with Gasteiger partial charge in [-0.15, -0.1) is 0 Å². The number of carbonyl (C=O) groups is 1. The summed E-state index contributed by atoms with van der Waals surface area (Å²) in [5.41, 5.74) is 1.48. The van der Waals surface area contributed by atoms with E-state index in [1.54, 1.807) is 12.1 Å². The molecular formula is C14H15N3O. The van der Waals surface area contributed by atoms with Crippen molar-refractivity contribution in [2.24, 2.45) is 5.84 Å². The summed E-state index contributed by atoms with van der Waals surface area (Å²) < 4.78 is 0. The first-order chi connectivity index (χ1) is 8.77. The smallest absolute Gasteiger partial charge is 0.252 e. The normalized spacial score (nSPS) is 9.83. The standard InChI is InChI=1S/C14H15N3O/c15-17(13-9-5-2-6-10-13)11-16-14(18)12-7-3-1-4-8-12/h1-10H,11,15H2,(H,16,18). The van der Waals surface area contributed by atoms with Crippen LogP contribution in [0, 0.1) is 0 Å². The number of para-hydroxylation sites is 1. The fourth-order valence-corrected chi connectivity index (χ4v) is 1.56. The van der Waals surface area contributed by atoms with E-state index in [-0.39, 0.29) is 12.6 Å². The largest absolute Gasteiger partial charge is 0.333 e. The lowest BCUT2D eigenvalue weighted by Gasteiger charge is -2.19. The van der Waals surface area contributed by atoms with Gasteiger partial charge in [-0.25, -0.2) is 5.84 Å². The van der Waals surface area contributed by atoms with Gasteiger partial charge in [-0.2, -0.15) is 0 Å². The van der Waals surface area contributed by atoms with Crippen LogP contribution in [0.4, 0.5) is 5.69 Å². The summed E-state index contributed by atoms with van der Waals surface area (Å²) in [7, 11) is 0. The molecule has 2 aromatic rings. The maximum Gasteiger partial charge on any atom is 0.252 e. The average molecular weight is 241 g/mol. The van der Waals surface area contributed by atoms with Crippen molar-refractivity contribution in [3.8, 4) is 0 Å². The molecule has 18 heavy (non-hydrogen) atoms. The summed E-state index contributed by atoms with van der Waals surface area (Å²) in [6.45, 7) is 0.262. The van der Waals surface area contributed by atoms with Crippen molar-refractivity contribution < 1.29 is 4.79 Å². The molecule has 0 heterocycles. The Balaban J connectivity index is 1.91. The van der Waals surface area contributed by atoms with Crippen LogP contribution in [-0.4, -0.2) is 12.6 Å². The molecule has 2 aromatic carbocycles. The van der Waals surface area contributed by atoms with Crippen molar-refractivity contribution in [1.82, 2.24) is 5.32 Å². The Morgan fingerprint density at radius 3 is 2.17 bits per heavy atom. The van der Waals surface area contributed by atoms with Crippen LogP contribution in [0.3, 0.4) is 0 Å². The Hall–Kier alpha value is -2.33. The van der Waals surface area contributed by atoms with Crippen LogP contribution in [0.5, 0.6) is 0 Å². The maximum absolute atomic E-state index is 11.8. The minimum absolute atomic E-state index is 0.137. The van der Waals surface area contributed by atoms with Crippen LogP contribution in [0.2, 0.25) is 0 Å². The lowest BCUT2D eigenvalue weighted by molar-refractivity contribution is 0.0953. The van der Waals surface area contributed by atoms with E-state index >= 15 is 0 Å². The SMILES string of the molecule is NN(CNC(=O)c1ccccc1)c1ccccc1. The van der Waals surface area contributed by atoms with E-state index < -0.39 is 0 Å². The van der Waals surface area contributed by atoms with E-state index in [1.165, 1.54) is 5.01 Å². The molecule has 1 amide bonds. The summed E-state index contributed by atoms with van der Waals surface area (Å²) >= 11 is 0. The van der Waals surface area contributed by atoms with Gasteiger partial charge < -0.3 is 5.32 Å². The molecule has 0 unspecified atom stereocenters. The molecule has 0 aliphatic heterocycles. The van der Waals surface area contributed by atoms with Crippen molar-refractivity contribution >= 4 is 11.6 Å². The van der Waals surface area contributed by atoms with E-state index in [1.807, 2.05) is 48.5 Å². The van der Waals surface area contributed by atoms with Crippen LogP contribution in [0.1, 0.15) is 10.4 Å². The predicted molar refractivity (Wildman–Crippen MR) is 71.9 cm³/mol. The third-order valence-corrected chi connectivity index (χ3v) is 2.53. The highest BCUT2D eigenvalue weighted by Gasteiger charge is 2.05. The third kappa shape index (κ3) is 3.09. The summed E-state index contributed by atoms with van der Waals surface area (Å²) in [6, 6.07) is 18.5. The number of amides is 1. The molecule has 4 nitrogen and oxygen atoms in total. The van der Waals surface area contributed by atoms with Crippen LogP contribution in [-0.2, 0) is 0 Å². The van der Waals surface area contributed by atoms with Gasteiger partial charge in [0.1, 0.15) is 6.67 Å². The Kier molecular flexibility index (Phi) is 3.94. The number of carbonyl (C=O) groups excluding carboxylic acids is 1. The number of nitrogens with two attached hydrogens (primary N) is 1. The first kappa shape index (κ1) is 12.1. The van der Waals surface area contributed by atoms with Crippen molar-refractivity contribution in [2.75, 3.05) is 11.7 Å². The number of hydrogen-bond donors (Lipinski definition) is 2. The fraction of sp³-hybridized carbons (Fsp3) is 0.0714. The molecule has 92 valence electrons. The monoisotopic (exact) mass is 241 g/mol. The van der Waals surface area contributed by atoms with Gasteiger partial charge in [-0.1, -0.05) is 36.4 Å². The molecule has 3 N–H and O–H groups in total. The van der Waals surface area contributed by atoms with Gasteiger partial charge in [0.25, 0.3) is 5.91 Å². The minimum Gasteiger partial charge on any atom is -0.333 e. The van der Waals surface area contributed by atoms with Gasteiger partial charge in [-0.3, -0.25) is 9.80 Å². The van der Waals surface area contributed by atoms with E-state index in [0.717, 1.165) is 5.69 Å². The highest BCUT2D eigenvalue weighted by atomic mass is 16.1. The number of nitrogens with one attached hydrogen (secondary N) is 1. The topological polar surface area (TPSA) is 58.4 Å². The van der Waals surface area contributed by atoms with Crippen molar-refractivity contribution in [2.45, 2.75) is 0 Å². The van der Waals surface area contributed by atoms with Gasteiger partial charge in [0.05, 0.1) is 5.69 Å². The number of anilines is 1. The van der Waals surface area contributed by atoms with Gasteiger partial charge in [0.15, 0.2) is 0 Å². The first-order valence-corrected chi connectivity index (χ1v) is 5.68. The Morgan fingerprint density at radius 1 is 1.00 bits per heavy atom. The van der Waals surface area contributed by atoms with Gasteiger partial charge >= 0.3 is 0 Å². The summed E-state index contributed by atoms with van der Waals surface area (Å²) in [5, 5.41) is 4.25. The summed E-state index contributed by atoms with van der Waals surface area (Å²) in [4.78, 5) is 11.8. The highest BCUT2D eigenvalue weighted by molar-refractivity contribution is 5.94. The van der Waals surface area contributed by atoms with E-state index in [0.29, 0.717) is 5.56 Å². The molecule has 0 atom stereocenters. The number of nitrogens with zero attached hydrogens (tertiary/aromatic N) is 1. The quantitative estimate of drug-likeness (QED) is 0.487. The molecule has 0 saturated carbocycles. The van der Waals surface area contributed by atoms with E-state index in [4.69, 9.17) is 5.84 Å². The maximum atomic E-state index is 11.8. The van der Waals surface area contributed by atoms with Crippen LogP contribution >= 0.6 is 0 Å². The van der Waals surface area contributed by atoms with Gasteiger partial charge in [0, 0.05) is 5.56 Å². The number of hydrazine groups is 1. The molecule has 0 aromatic heterocycles. The molecule has 4 heteroatoms. The Morgan fingerprint density at radius 2 is 1.56 bits per heavy atom. The van der Waals surface area contributed by atoms with Gasteiger partial charge in [-0.05, 0) is 24.3 Å². The average Bonchev–Trinajstić information content (AvgIpc) is 2.46. The predicted octanol–water partition coefficient (Wildman–Crippen LogP) is 1.75. The first-order valence-electron chi connectivity index (χ1n) is 5.68. The fourth-order valence-electron chi connectivity index (χ4n) is 1.56. The zero-order chi connectivity index (χ0) is 12.8. The van der Waals surface area contributed by atoms with Crippen molar-refractivity contribution in [1.29, 1.82) is 0 Å². The van der Waals surface area contributed by atoms with E-state index in [9.17, 15) is 4.79 Å². The number of rotatable bonds is 4. The molecular weight excluding hydrogens is 226 g/mol. The highest BCUT2D eigenvalue weighted by Crippen LogP contribution is 2.08. The summed E-state index contributed by atoms with van der Waals surface area (Å²) in [5.74, 6) is 5.70. The molecule has 0 fully saturated rings. The second kappa shape index (κ2) is 5.84. The zero-order valence-electron chi connectivity index (χ0n) is 9.91. The second-order valence-electron chi connectivity index (χ2n) is 3.84. The molecule has 0 aliphatic carbocycles.